The van der Waals surface area contributed by atoms with Crippen LogP contribution in [-0.4, -0.2) is 54.7 Å². The molecule has 2 amide bonds. The quantitative estimate of drug-likeness (QED) is 0.683. The van der Waals surface area contributed by atoms with E-state index in [9.17, 15) is 14.7 Å². The molecule has 1 heterocycles. The summed E-state index contributed by atoms with van der Waals surface area (Å²) in [4.78, 5) is 25.2. The van der Waals surface area contributed by atoms with Gasteiger partial charge in [0.05, 0.1) is 0 Å². The van der Waals surface area contributed by atoms with Gasteiger partial charge < -0.3 is 20.6 Å². The normalized spacial score (nSPS) is 22.1. The maximum Gasteiger partial charge on any atom is 0.326 e. The molecule has 1 rings (SSSR count). The van der Waals surface area contributed by atoms with Crippen LogP contribution < -0.4 is 10.6 Å². The Balaban J connectivity index is 2.57. The van der Waals surface area contributed by atoms with Gasteiger partial charge in [0.15, 0.2) is 0 Å². The van der Waals surface area contributed by atoms with Crippen LogP contribution in [0, 0.1) is 11.8 Å². The molecule has 1 unspecified atom stereocenters. The molecular formula is C14H27N3O3. The Hall–Kier alpha value is -1.30. The highest BCUT2D eigenvalue weighted by Crippen LogP contribution is 2.16. The third-order valence-electron chi connectivity index (χ3n) is 4.06. The zero-order valence-corrected chi connectivity index (χ0v) is 12.7. The second kappa shape index (κ2) is 8.09. The predicted molar refractivity (Wildman–Crippen MR) is 77.6 cm³/mol. The molecule has 116 valence electrons. The highest BCUT2D eigenvalue weighted by Gasteiger charge is 2.29. The summed E-state index contributed by atoms with van der Waals surface area (Å²) in [5.41, 5.74) is 0. The SMILES string of the molecule is CC[C@H](C)[C@H](NC(=O)N1CCCC(CNC)C1)C(=O)O. The molecule has 20 heavy (non-hydrogen) atoms. The second-order valence-electron chi connectivity index (χ2n) is 5.66. The number of carboxylic acid groups (broad SMARTS) is 1. The molecule has 0 aromatic rings. The molecule has 1 aliphatic heterocycles. The molecule has 1 saturated heterocycles. The van der Waals surface area contributed by atoms with Crippen LogP contribution in [0.3, 0.4) is 0 Å². The number of nitrogens with one attached hydrogen (secondary N) is 2. The molecule has 0 aromatic carbocycles. The van der Waals surface area contributed by atoms with Gasteiger partial charge in [-0.25, -0.2) is 9.59 Å². The van der Waals surface area contributed by atoms with E-state index in [1.54, 1.807) is 4.90 Å². The number of rotatable bonds is 6. The van der Waals surface area contributed by atoms with Crippen molar-refractivity contribution in [3.8, 4) is 0 Å². The summed E-state index contributed by atoms with van der Waals surface area (Å²) in [5.74, 6) is -0.586. The van der Waals surface area contributed by atoms with Crippen molar-refractivity contribution < 1.29 is 14.7 Å². The largest absolute Gasteiger partial charge is 0.480 e. The lowest BCUT2D eigenvalue weighted by Gasteiger charge is -2.34. The van der Waals surface area contributed by atoms with E-state index in [2.05, 4.69) is 10.6 Å². The zero-order chi connectivity index (χ0) is 15.1. The van der Waals surface area contributed by atoms with Crippen molar-refractivity contribution in [3.05, 3.63) is 0 Å². The molecule has 3 atom stereocenters. The van der Waals surface area contributed by atoms with Crippen LogP contribution in [0.15, 0.2) is 0 Å². The number of amides is 2. The third-order valence-corrected chi connectivity index (χ3v) is 4.06. The maximum absolute atomic E-state index is 12.2. The fourth-order valence-electron chi connectivity index (χ4n) is 2.61. The molecule has 1 fully saturated rings. The first kappa shape index (κ1) is 16.8. The molecule has 3 N–H and O–H groups in total. The summed E-state index contributed by atoms with van der Waals surface area (Å²) >= 11 is 0. The molecule has 0 bridgehead atoms. The van der Waals surface area contributed by atoms with Crippen molar-refractivity contribution in [3.63, 3.8) is 0 Å². The molecule has 0 radical (unpaired) electrons. The number of urea groups is 1. The van der Waals surface area contributed by atoms with Crippen LogP contribution in [0.25, 0.3) is 0 Å². The third kappa shape index (κ3) is 4.67. The van der Waals surface area contributed by atoms with Crippen molar-refractivity contribution >= 4 is 12.0 Å². The van der Waals surface area contributed by atoms with Crippen molar-refractivity contribution in [1.29, 1.82) is 0 Å². The van der Waals surface area contributed by atoms with Crippen LogP contribution in [0.1, 0.15) is 33.1 Å². The van der Waals surface area contributed by atoms with Gasteiger partial charge in [0.25, 0.3) is 0 Å². The van der Waals surface area contributed by atoms with Crippen LogP contribution >= 0.6 is 0 Å². The molecular weight excluding hydrogens is 258 g/mol. The van der Waals surface area contributed by atoms with Gasteiger partial charge in [-0.1, -0.05) is 20.3 Å². The lowest BCUT2D eigenvalue weighted by Crippen LogP contribution is -2.53. The number of carbonyl (C=O) groups excluding carboxylic acids is 1. The van der Waals surface area contributed by atoms with Gasteiger partial charge in [0, 0.05) is 13.1 Å². The molecule has 6 nitrogen and oxygen atoms in total. The Morgan fingerprint density at radius 3 is 2.70 bits per heavy atom. The zero-order valence-electron chi connectivity index (χ0n) is 12.7. The summed E-state index contributed by atoms with van der Waals surface area (Å²) in [6, 6.07) is -1.06. The lowest BCUT2D eigenvalue weighted by molar-refractivity contribution is -0.140. The second-order valence-corrected chi connectivity index (χ2v) is 5.66. The van der Waals surface area contributed by atoms with Gasteiger partial charge in [0.1, 0.15) is 6.04 Å². The lowest BCUT2D eigenvalue weighted by atomic mass is 9.97. The van der Waals surface area contributed by atoms with E-state index in [-0.39, 0.29) is 11.9 Å². The maximum atomic E-state index is 12.2. The molecule has 1 aliphatic rings. The number of carbonyl (C=O) groups is 2. The van der Waals surface area contributed by atoms with Gasteiger partial charge in [-0.15, -0.1) is 0 Å². The van der Waals surface area contributed by atoms with E-state index in [0.29, 0.717) is 19.0 Å². The van der Waals surface area contributed by atoms with E-state index >= 15 is 0 Å². The number of likely N-dealkylation sites (tertiary alicyclic amines) is 1. The minimum atomic E-state index is -0.962. The smallest absolute Gasteiger partial charge is 0.326 e. The average molecular weight is 285 g/mol. The Kier molecular flexibility index (Phi) is 6.78. The summed E-state index contributed by atoms with van der Waals surface area (Å²) in [7, 11) is 1.91. The molecule has 0 spiro atoms. The first-order valence-corrected chi connectivity index (χ1v) is 7.42. The minimum absolute atomic E-state index is 0.0747. The number of piperidine rings is 1. The van der Waals surface area contributed by atoms with Gasteiger partial charge in [-0.2, -0.15) is 0 Å². The average Bonchev–Trinajstić information content (AvgIpc) is 2.44. The molecule has 0 saturated carbocycles. The fourth-order valence-corrected chi connectivity index (χ4v) is 2.61. The van der Waals surface area contributed by atoms with Crippen LogP contribution in [0.2, 0.25) is 0 Å². The van der Waals surface area contributed by atoms with Crippen molar-refractivity contribution in [1.82, 2.24) is 15.5 Å². The summed E-state index contributed by atoms with van der Waals surface area (Å²) in [6.45, 7) is 6.06. The predicted octanol–water partition coefficient (Wildman–Crippen LogP) is 1.13. The Bertz CT molecular complexity index is 334. The Labute approximate surface area is 120 Å². The van der Waals surface area contributed by atoms with Crippen molar-refractivity contribution in [2.24, 2.45) is 11.8 Å². The number of nitrogens with zero attached hydrogens (tertiary/aromatic N) is 1. The fraction of sp³-hybridized carbons (Fsp3) is 0.857. The van der Waals surface area contributed by atoms with Gasteiger partial charge >= 0.3 is 12.0 Å². The monoisotopic (exact) mass is 285 g/mol. The number of hydrogen-bond acceptors (Lipinski definition) is 3. The minimum Gasteiger partial charge on any atom is -0.480 e. The standard InChI is InChI=1S/C14H27N3O3/c1-4-10(2)12(13(18)19)16-14(20)17-7-5-6-11(9-17)8-15-3/h10-12,15H,4-9H2,1-3H3,(H,16,20)(H,18,19)/t10-,11?,12-/m0/s1. The number of carboxylic acids is 1. The van der Waals surface area contributed by atoms with Crippen molar-refractivity contribution in [2.45, 2.75) is 39.2 Å². The van der Waals surface area contributed by atoms with E-state index < -0.39 is 12.0 Å². The molecule has 0 aliphatic carbocycles. The van der Waals surface area contributed by atoms with Gasteiger partial charge in [-0.05, 0) is 38.3 Å². The van der Waals surface area contributed by atoms with E-state index in [4.69, 9.17) is 0 Å². The first-order chi connectivity index (χ1) is 9.49. The van der Waals surface area contributed by atoms with Gasteiger partial charge in [0.2, 0.25) is 0 Å². The van der Waals surface area contributed by atoms with E-state index in [1.807, 2.05) is 20.9 Å². The molecule has 0 aromatic heterocycles. The highest BCUT2D eigenvalue weighted by molar-refractivity contribution is 5.82. The topological polar surface area (TPSA) is 81.7 Å². The first-order valence-electron chi connectivity index (χ1n) is 7.42. The van der Waals surface area contributed by atoms with Crippen LogP contribution in [0.4, 0.5) is 4.79 Å². The van der Waals surface area contributed by atoms with Crippen LogP contribution in [-0.2, 0) is 4.79 Å². The van der Waals surface area contributed by atoms with E-state index in [1.165, 1.54) is 0 Å². The summed E-state index contributed by atoms with van der Waals surface area (Å²) in [6.07, 6.45) is 2.80. The number of aliphatic carboxylic acids is 1. The Morgan fingerprint density at radius 2 is 2.15 bits per heavy atom. The number of hydrogen-bond donors (Lipinski definition) is 3. The van der Waals surface area contributed by atoms with E-state index in [0.717, 1.165) is 25.8 Å². The Morgan fingerprint density at radius 1 is 1.45 bits per heavy atom. The van der Waals surface area contributed by atoms with Gasteiger partial charge in [-0.3, -0.25) is 0 Å². The van der Waals surface area contributed by atoms with Crippen LogP contribution in [0.5, 0.6) is 0 Å². The van der Waals surface area contributed by atoms with Crippen molar-refractivity contribution in [2.75, 3.05) is 26.7 Å². The summed E-state index contributed by atoms with van der Waals surface area (Å²) in [5, 5.41) is 15.0. The highest BCUT2D eigenvalue weighted by atomic mass is 16.4. The molecule has 6 heteroatoms. The summed E-state index contributed by atoms with van der Waals surface area (Å²) < 4.78 is 0.